The molecule has 0 aromatic heterocycles. The van der Waals surface area contributed by atoms with Crippen LogP contribution in [0.2, 0.25) is 0 Å². The van der Waals surface area contributed by atoms with Gasteiger partial charge in [0.2, 0.25) is 5.91 Å². The predicted octanol–water partition coefficient (Wildman–Crippen LogP) is 0.742. The minimum Gasteiger partial charge on any atom is -0.316 e. The molecule has 3 N–H and O–H groups in total. The van der Waals surface area contributed by atoms with Crippen molar-refractivity contribution in [3.8, 4) is 0 Å². The summed E-state index contributed by atoms with van der Waals surface area (Å²) < 4.78 is 0. The van der Waals surface area contributed by atoms with E-state index in [1.165, 1.54) is 0 Å². The SMILES string of the molecule is CCN(C(=O)C1CNNC1C1CCNC1)c1ccccc1. The smallest absolute Gasteiger partial charge is 0.233 e. The van der Waals surface area contributed by atoms with Crippen LogP contribution in [0.15, 0.2) is 30.3 Å². The van der Waals surface area contributed by atoms with E-state index < -0.39 is 0 Å². The molecule has 5 heteroatoms. The summed E-state index contributed by atoms with van der Waals surface area (Å²) in [4.78, 5) is 14.9. The molecule has 0 radical (unpaired) electrons. The Morgan fingerprint density at radius 2 is 2.10 bits per heavy atom. The first-order chi connectivity index (χ1) is 10.3. The number of nitrogens with one attached hydrogen (secondary N) is 3. The number of amides is 1. The summed E-state index contributed by atoms with van der Waals surface area (Å²) in [5.74, 6) is 0.761. The van der Waals surface area contributed by atoms with Crippen molar-refractivity contribution in [3.05, 3.63) is 30.3 Å². The van der Waals surface area contributed by atoms with E-state index in [0.717, 1.165) is 25.2 Å². The summed E-state index contributed by atoms with van der Waals surface area (Å²) >= 11 is 0. The van der Waals surface area contributed by atoms with Gasteiger partial charge in [0.1, 0.15) is 0 Å². The number of para-hydroxylation sites is 1. The lowest BCUT2D eigenvalue weighted by Crippen LogP contribution is -2.46. The van der Waals surface area contributed by atoms with Gasteiger partial charge in [-0.25, -0.2) is 0 Å². The number of hydrazine groups is 1. The van der Waals surface area contributed by atoms with Crippen LogP contribution in [0.1, 0.15) is 13.3 Å². The van der Waals surface area contributed by atoms with Crippen LogP contribution in [0.3, 0.4) is 0 Å². The van der Waals surface area contributed by atoms with Gasteiger partial charge in [-0.05, 0) is 44.5 Å². The molecule has 0 spiro atoms. The van der Waals surface area contributed by atoms with Crippen LogP contribution in [0.25, 0.3) is 0 Å². The van der Waals surface area contributed by atoms with Crippen LogP contribution in [-0.4, -0.2) is 38.1 Å². The molecule has 3 atom stereocenters. The molecule has 0 aliphatic carbocycles. The van der Waals surface area contributed by atoms with E-state index in [2.05, 4.69) is 16.2 Å². The molecule has 3 rings (SSSR count). The molecule has 2 saturated heterocycles. The molecule has 2 fully saturated rings. The standard InChI is InChI=1S/C16H24N4O/c1-2-20(13-6-4-3-5-7-13)16(21)14-11-18-19-15(14)12-8-9-17-10-12/h3-7,12,14-15,17-19H,2,8-11H2,1H3. The van der Waals surface area contributed by atoms with Crippen molar-refractivity contribution in [2.24, 2.45) is 11.8 Å². The van der Waals surface area contributed by atoms with Crippen molar-refractivity contribution in [1.29, 1.82) is 0 Å². The molecule has 1 aromatic carbocycles. The molecule has 5 nitrogen and oxygen atoms in total. The van der Waals surface area contributed by atoms with Crippen molar-refractivity contribution in [3.63, 3.8) is 0 Å². The molecular formula is C16H24N4O. The maximum absolute atomic E-state index is 13.0. The summed E-state index contributed by atoms with van der Waals surface area (Å²) in [6, 6.07) is 10.2. The third-order valence-corrected chi connectivity index (χ3v) is 4.60. The van der Waals surface area contributed by atoms with Crippen LogP contribution < -0.4 is 21.1 Å². The van der Waals surface area contributed by atoms with Crippen molar-refractivity contribution in [2.75, 3.05) is 31.1 Å². The molecule has 114 valence electrons. The average molecular weight is 288 g/mol. The lowest BCUT2D eigenvalue weighted by molar-refractivity contribution is -0.122. The fraction of sp³-hybridized carbons (Fsp3) is 0.562. The molecular weight excluding hydrogens is 264 g/mol. The molecule has 2 aliphatic heterocycles. The number of anilines is 1. The molecule has 0 bridgehead atoms. The Bertz CT molecular complexity index is 472. The zero-order chi connectivity index (χ0) is 14.7. The van der Waals surface area contributed by atoms with Gasteiger partial charge in [0, 0.05) is 24.8 Å². The first-order valence-electron chi connectivity index (χ1n) is 7.86. The highest BCUT2D eigenvalue weighted by Gasteiger charge is 2.40. The summed E-state index contributed by atoms with van der Waals surface area (Å²) in [6.07, 6.45) is 1.14. The number of carbonyl (C=O) groups is 1. The summed E-state index contributed by atoms with van der Waals surface area (Å²) in [6.45, 7) is 5.51. The van der Waals surface area contributed by atoms with Gasteiger partial charge in [0.25, 0.3) is 0 Å². The van der Waals surface area contributed by atoms with Crippen LogP contribution in [-0.2, 0) is 4.79 Å². The summed E-state index contributed by atoms with van der Waals surface area (Å²) in [7, 11) is 0. The fourth-order valence-corrected chi connectivity index (χ4v) is 3.46. The minimum atomic E-state index is 0.00931. The quantitative estimate of drug-likeness (QED) is 0.765. The maximum atomic E-state index is 13.0. The van der Waals surface area contributed by atoms with Gasteiger partial charge in [-0.1, -0.05) is 18.2 Å². The maximum Gasteiger partial charge on any atom is 0.233 e. The molecule has 1 amide bonds. The second-order valence-electron chi connectivity index (χ2n) is 5.83. The second kappa shape index (κ2) is 6.56. The number of nitrogens with zero attached hydrogens (tertiary/aromatic N) is 1. The Balaban J connectivity index is 1.76. The van der Waals surface area contributed by atoms with E-state index in [-0.39, 0.29) is 17.9 Å². The van der Waals surface area contributed by atoms with Gasteiger partial charge in [0.05, 0.1) is 5.92 Å². The van der Waals surface area contributed by atoms with Crippen LogP contribution >= 0.6 is 0 Å². The largest absolute Gasteiger partial charge is 0.316 e. The Morgan fingerprint density at radius 3 is 2.76 bits per heavy atom. The highest BCUT2D eigenvalue weighted by atomic mass is 16.2. The van der Waals surface area contributed by atoms with Crippen LogP contribution in [0.5, 0.6) is 0 Å². The van der Waals surface area contributed by atoms with Gasteiger partial charge in [-0.3, -0.25) is 15.6 Å². The number of hydrogen-bond acceptors (Lipinski definition) is 4. The average Bonchev–Trinajstić information content (AvgIpc) is 3.20. The van der Waals surface area contributed by atoms with E-state index in [9.17, 15) is 4.79 Å². The third-order valence-electron chi connectivity index (χ3n) is 4.60. The van der Waals surface area contributed by atoms with E-state index in [1.54, 1.807) is 0 Å². The van der Waals surface area contributed by atoms with Gasteiger partial charge in [-0.2, -0.15) is 0 Å². The van der Waals surface area contributed by atoms with E-state index in [4.69, 9.17) is 0 Å². The normalized spacial score (nSPS) is 28.7. The lowest BCUT2D eigenvalue weighted by Gasteiger charge is -2.29. The van der Waals surface area contributed by atoms with E-state index in [0.29, 0.717) is 19.0 Å². The first-order valence-corrected chi connectivity index (χ1v) is 7.86. The molecule has 21 heavy (non-hydrogen) atoms. The molecule has 1 aromatic rings. The zero-order valence-electron chi connectivity index (χ0n) is 12.5. The number of rotatable bonds is 4. The number of hydrogen-bond donors (Lipinski definition) is 3. The van der Waals surface area contributed by atoms with Gasteiger partial charge < -0.3 is 10.2 Å². The minimum absolute atomic E-state index is 0.00931. The fourth-order valence-electron chi connectivity index (χ4n) is 3.46. The number of carbonyl (C=O) groups excluding carboxylic acids is 1. The predicted molar refractivity (Wildman–Crippen MR) is 83.9 cm³/mol. The Kier molecular flexibility index (Phi) is 4.53. The topological polar surface area (TPSA) is 56.4 Å². The summed E-state index contributed by atoms with van der Waals surface area (Å²) in [5.41, 5.74) is 7.49. The first kappa shape index (κ1) is 14.5. The highest BCUT2D eigenvalue weighted by molar-refractivity contribution is 5.95. The number of benzene rings is 1. The van der Waals surface area contributed by atoms with Crippen molar-refractivity contribution >= 4 is 11.6 Å². The zero-order valence-corrected chi connectivity index (χ0v) is 12.5. The van der Waals surface area contributed by atoms with Gasteiger partial charge in [0.15, 0.2) is 0 Å². The van der Waals surface area contributed by atoms with Crippen LogP contribution in [0.4, 0.5) is 5.69 Å². The van der Waals surface area contributed by atoms with Crippen LogP contribution in [0, 0.1) is 11.8 Å². The molecule has 2 heterocycles. The lowest BCUT2D eigenvalue weighted by atomic mass is 9.88. The van der Waals surface area contributed by atoms with Crippen molar-refractivity contribution < 1.29 is 4.79 Å². The van der Waals surface area contributed by atoms with E-state index in [1.807, 2.05) is 42.2 Å². The Morgan fingerprint density at radius 1 is 1.29 bits per heavy atom. The van der Waals surface area contributed by atoms with Gasteiger partial charge >= 0.3 is 0 Å². The van der Waals surface area contributed by atoms with Crippen molar-refractivity contribution in [2.45, 2.75) is 19.4 Å². The Labute approximate surface area is 126 Å². The molecule has 3 unspecified atom stereocenters. The Hall–Kier alpha value is -1.43. The van der Waals surface area contributed by atoms with Crippen molar-refractivity contribution in [1.82, 2.24) is 16.2 Å². The highest BCUT2D eigenvalue weighted by Crippen LogP contribution is 2.25. The second-order valence-corrected chi connectivity index (χ2v) is 5.83. The van der Waals surface area contributed by atoms with E-state index >= 15 is 0 Å². The molecule has 0 saturated carbocycles. The summed E-state index contributed by atoms with van der Waals surface area (Å²) in [5, 5.41) is 3.39. The molecule has 2 aliphatic rings. The third kappa shape index (κ3) is 2.95. The monoisotopic (exact) mass is 288 g/mol. The van der Waals surface area contributed by atoms with Gasteiger partial charge in [-0.15, -0.1) is 0 Å².